The van der Waals surface area contributed by atoms with Gasteiger partial charge in [0.2, 0.25) is 0 Å². The maximum atomic E-state index is 6.12. The molecule has 0 fully saturated rings. The molecule has 2 heterocycles. The Morgan fingerprint density at radius 3 is 2.89 bits per heavy atom. The van der Waals surface area contributed by atoms with E-state index in [1.54, 1.807) is 0 Å². The average Bonchev–Trinajstić information content (AvgIpc) is 3.30. The summed E-state index contributed by atoms with van der Waals surface area (Å²) in [7, 11) is 0. The first-order chi connectivity index (χ1) is 13.2. The third kappa shape index (κ3) is 4.18. The molecular weight excluding hydrogens is 358 g/mol. The molecule has 0 saturated carbocycles. The van der Waals surface area contributed by atoms with Crippen molar-refractivity contribution < 1.29 is 4.74 Å². The van der Waals surface area contributed by atoms with Gasteiger partial charge in [-0.1, -0.05) is 43.1 Å². The molecule has 2 aromatic carbocycles. The number of nitrogens with zero attached hydrogens (tertiary/aromatic N) is 2. The van der Waals surface area contributed by atoms with Crippen molar-refractivity contribution in [3.63, 3.8) is 0 Å². The van der Waals surface area contributed by atoms with Crippen LogP contribution in [0, 0.1) is 0 Å². The molecular formula is C22H24ClN3O. The second kappa shape index (κ2) is 8.15. The van der Waals surface area contributed by atoms with E-state index in [2.05, 4.69) is 40.2 Å². The summed E-state index contributed by atoms with van der Waals surface area (Å²) in [4.78, 5) is 2.51. The van der Waals surface area contributed by atoms with Gasteiger partial charge >= 0.3 is 0 Å². The molecule has 0 spiro atoms. The van der Waals surface area contributed by atoms with Gasteiger partial charge in [-0.2, -0.15) is 5.10 Å². The number of rotatable bonds is 7. The molecule has 1 aromatic heterocycles. The van der Waals surface area contributed by atoms with Gasteiger partial charge in [0.1, 0.15) is 12.4 Å². The zero-order valence-corrected chi connectivity index (χ0v) is 16.3. The number of H-pyrrole nitrogens is 1. The molecule has 0 atom stereocenters. The van der Waals surface area contributed by atoms with Crippen LogP contribution in [-0.4, -0.2) is 21.6 Å². The number of aromatic nitrogens is 2. The summed E-state index contributed by atoms with van der Waals surface area (Å²) in [6.45, 7) is 5.95. The number of fused-ring (bicyclic) bond motifs is 1. The van der Waals surface area contributed by atoms with Crippen LogP contribution in [0.25, 0.3) is 11.3 Å². The fraction of sp³-hybridized carbons (Fsp3) is 0.318. The van der Waals surface area contributed by atoms with E-state index in [1.807, 2.05) is 30.5 Å². The van der Waals surface area contributed by atoms with Crippen molar-refractivity contribution in [2.24, 2.45) is 0 Å². The van der Waals surface area contributed by atoms with E-state index in [4.69, 9.17) is 16.3 Å². The Kier molecular flexibility index (Phi) is 5.46. The maximum Gasteiger partial charge on any atom is 0.120 e. The van der Waals surface area contributed by atoms with Crippen molar-refractivity contribution in [1.29, 1.82) is 0 Å². The summed E-state index contributed by atoms with van der Waals surface area (Å²) in [5.74, 6) is 0.907. The third-order valence-corrected chi connectivity index (χ3v) is 5.25. The Morgan fingerprint density at radius 2 is 2.04 bits per heavy atom. The van der Waals surface area contributed by atoms with Crippen molar-refractivity contribution >= 4 is 11.6 Å². The molecule has 5 heteroatoms. The lowest BCUT2D eigenvalue weighted by molar-refractivity contribution is 0.279. The highest BCUT2D eigenvalue weighted by molar-refractivity contribution is 6.30. The summed E-state index contributed by atoms with van der Waals surface area (Å²) in [6, 6.07) is 14.2. The first-order valence-corrected chi connectivity index (χ1v) is 9.86. The number of benzene rings is 2. The lowest BCUT2D eigenvalue weighted by atomic mass is 10.1. The second-order valence-corrected chi connectivity index (χ2v) is 7.50. The number of hydrogen-bond donors (Lipinski definition) is 1. The second-order valence-electron chi connectivity index (χ2n) is 7.06. The van der Waals surface area contributed by atoms with Gasteiger partial charge in [-0.25, -0.2) is 0 Å². The van der Waals surface area contributed by atoms with Gasteiger partial charge in [0.15, 0.2) is 0 Å². The molecule has 4 rings (SSSR count). The fourth-order valence-corrected chi connectivity index (χ4v) is 3.74. The number of hydrogen-bond acceptors (Lipinski definition) is 3. The number of ether oxygens (including phenoxy) is 1. The summed E-state index contributed by atoms with van der Waals surface area (Å²) < 4.78 is 6.07. The van der Waals surface area contributed by atoms with E-state index in [1.165, 1.54) is 30.5 Å². The van der Waals surface area contributed by atoms with Gasteiger partial charge < -0.3 is 4.74 Å². The molecule has 1 aliphatic heterocycles. The number of nitrogens with one attached hydrogen (secondary N) is 1. The van der Waals surface area contributed by atoms with Crippen LogP contribution in [0.1, 0.15) is 36.5 Å². The first kappa shape index (κ1) is 18.1. The van der Waals surface area contributed by atoms with Gasteiger partial charge in [0.05, 0.1) is 11.9 Å². The minimum Gasteiger partial charge on any atom is -0.489 e. The quantitative estimate of drug-likeness (QED) is 0.593. The molecule has 0 bridgehead atoms. The normalized spacial score (nSPS) is 13.7. The van der Waals surface area contributed by atoms with E-state index in [0.29, 0.717) is 11.6 Å². The lowest BCUT2D eigenvalue weighted by Crippen LogP contribution is -2.17. The maximum absolute atomic E-state index is 6.12. The van der Waals surface area contributed by atoms with Gasteiger partial charge in [-0.05, 0) is 48.4 Å². The number of unbranched alkanes of at least 4 members (excludes halogenated alkanes) is 1. The minimum atomic E-state index is 0.469. The smallest absolute Gasteiger partial charge is 0.120 e. The van der Waals surface area contributed by atoms with E-state index in [9.17, 15) is 0 Å². The van der Waals surface area contributed by atoms with Crippen molar-refractivity contribution in [2.75, 3.05) is 6.54 Å². The van der Waals surface area contributed by atoms with Crippen LogP contribution < -0.4 is 4.74 Å². The minimum absolute atomic E-state index is 0.469. The molecule has 0 radical (unpaired) electrons. The molecule has 1 aliphatic rings. The van der Waals surface area contributed by atoms with Crippen molar-refractivity contribution in [3.05, 3.63) is 70.4 Å². The van der Waals surface area contributed by atoms with Crippen LogP contribution >= 0.6 is 11.6 Å². The van der Waals surface area contributed by atoms with Gasteiger partial charge in [-0.15, -0.1) is 0 Å². The monoisotopic (exact) mass is 381 g/mol. The summed E-state index contributed by atoms with van der Waals surface area (Å²) in [6.07, 6.45) is 4.31. The van der Waals surface area contributed by atoms with Gasteiger partial charge in [0, 0.05) is 29.2 Å². The van der Waals surface area contributed by atoms with Crippen molar-refractivity contribution in [1.82, 2.24) is 15.1 Å². The zero-order chi connectivity index (χ0) is 18.6. The van der Waals surface area contributed by atoms with E-state index in [0.717, 1.165) is 35.7 Å². The van der Waals surface area contributed by atoms with E-state index < -0.39 is 0 Å². The zero-order valence-electron chi connectivity index (χ0n) is 15.5. The molecule has 0 amide bonds. The van der Waals surface area contributed by atoms with Crippen LogP contribution in [0.5, 0.6) is 5.75 Å². The highest BCUT2D eigenvalue weighted by Crippen LogP contribution is 2.29. The van der Waals surface area contributed by atoms with Crippen molar-refractivity contribution in [2.45, 2.75) is 39.5 Å². The van der Waals surface area contributed by atoms with E-state index in [-0.39, 0.29) is 0 Å². The fourth-order valence-electron chi connectivity index (χ4n) is 3.55. The largest absolute Gasteiger partial charge is 0.489 e. The van der Waals surface area contributed by atoms with Crippen LogP contribution in [0.3, 0.4) is 0 Å². The summed E-state index contributed by atoms with van der Waals surface area (Å²) in [5, 5.41) is 7.95. The Balaban J connectivity index is 1.43. The SMILES string of the molecule is CCCCN1Cc2ccc(OCc3cn[nH]c3-c3cccc(Cl)c3)cc2C1. The molecule has 27 heavy (non-hydrogen) atoms. The van der Waals surface area contributed by atoms with Crippen LogP contribution in [0.4, 0.5) is 0 Å². The molecule has 3 aromatic rings. The summed E-state index contributed by atoms with van der Waals surface area (Å²) >= 11 is 6.12. The summed E-state index contributed by atoms with van der Waals surface area (Å²) in [5.41, 5.74) is 5.78. The van der Waals surface area contributed by atoms with Crippen LogP contribution in [0.15, 0.2) is 48.7 Å². The number of halogens is 1. The topological polar surface area (TPSA) is 41.1 Å². The molecule has 0 unspecified atom stereocenters. The molecule has 0 saturated heterocycles. The van der Waals surface area contributed by atoms with Crippen LogP contribution in [-0.2, 0) is 19.7 Å². The molecule has 140 valence electrons. The molecule has 4 nitrogen and oxygen atoms in total. The van der Waals surface area contributed by atoms with Gasteiger partial charge in [0.25, 0.3) is 0 Å². The molecule has 1 N–H and O–H groups in total. The first-order valence-electron chi connectivity index (χ1n) is 9.48. The van der Waals surface area contributed by atoms with Crippen molar-refractivity contribution in [3.8, 4) is 17.0 Å². The van der Waals surface area contributed by atoms with Crippen LogP contribution in [0.2, 0.25) is 5.02 Å². The Hall–Kier alpha value is -2.30. The Labute approximate surface area is 165 Å². The third-order valence-electron chi connectivity index (χ3n) is 5.02. The predicted molar refractivity (Wildman–Crippen MR) is 109 cm³/mol. The molecule has 0 aliphatic carbocycles. The Bertz CT molecular complexity index is 921. The standard InChI is InChI=1S/C22H24ClN3O/c1-2-3-9-26-13-17-7-8-21(11-18(17)14-26)27-15-19-12-24-25-22(19)16-5-4-6-20(23)10-16/h4-8,10-12H,2-3,9,13-15H2,1H3,(H,24,25). The Morgan fingerprint density at radius 1 is 1.15 bits per heavy atom. The number of aromatic amines is 1. The average molecular weight is 382 g/mol. The highest BCUT2D eigenvalue weighted by Gasteiger charge is 2.19. The lowest BCUT2D eigenvalue weighted by Gasteiger charge is -2.13. The van der Waals surface area contributed by atoms with Gasteiger partial charge in [-0.3, -0.25) is 10.00 Å². The predicted octanol–water partition coefficient (Wildman–Crippen LogP) is 5.42. The highest BCUT2D eigenvalue weighted by atomic mass is 35.5. The van der Waals surface area contributed by atoms with E-state index >= 15 is 0 Å².